The molecule has 0 aromatic heterocycles. The molecule has 1 saturated carbocycles. The van der Waals surface area contributed by atoms with E-state index in [0.29, 0.717) is 19.0 Å². The maximum Gasteiger partial charge on any atom is 0.264 e. The Balaban J connectivity index is 0.00000106. The minimum absolute atomic E-state index is 0.132. The standard InChI is InChI=1S/C9H19NO3S.C2H6/c11-14(12,13)8-4-7-10-9-5-2-1-3-6-9;1-2/h9-10H,1-8H2,(H,11,12,13);1-2H3. The van der Waals surface area contributed by atoms with E-state index in [0.717, 1.165) is 0 Å². The van der Waals surface area contributed by atoms with Gasteiger partial charge in [-0.25, -0.2) is 0 Å². The van der Waals surface area contributed by atoms with Crippen LogP contribution in [-0.4, -0.2) is 31.3 Å². The predicted molar refractivity (Wildman–Crippen MR) is 67.3 cm³/mol. The molecule has 0 heterocycles. The van der Waals surface area contributed by atoms with Crippen LogP contribution in [0.2, 0.25) is 0 Å². The maximum absolute atomic E-state index is 10.4. The molecule has 1 fully saturated rings. The van der Waals surface area contributed by atoms with Gasteiger partial charge in [0.05, 0.1) is 5.75 Å². The highest BCUT2D eigenvalue weighted by Gasteiger charge is 2.12. The SMILES string of the molecule is CC.O=S(=O)(O)CCCNC1CCCCC1. The van der Waals surface area contributed by atoms with E-state index >= 15 is 0 Å². The zero-order chi connectivity index (χ0) is 12.4. The fraction of sp³-hybridized carbons (Fsp3) is 1.00. The Morgan fingerprint density at radius 3 is 2.25 bits per heavy atom. The predicted octanol–water partition coefficient (Wildman–Crippen LogP) is 2.21. The molecule has 0 unspecified atom stereocenters. The molecule has 5 heteroatoms. The first-order valence-electron chi connectivity index (χ1n) is 6.26. The second-order valence-electron chi connectivity index (χ2n) is 3.93. The van der Waals surface area contributed by atoms with Crippen molar-refractivity contribution in [2.75, 3.05) is 12.3 Å². The monoisotopic (exact) mass is 251 g/mol. The van der Waals surface area contributed by atoms with Crippen LogP contribution in [0.5, 0.6) is 0 Å². The van der Waals surface area contributed by atoms with E-state index in [1.54, 1.807) is 0 Å². The van der Waals surface area contributed by atoms with Gasteiger partial charge in [0.2, 0.25) is 0 Å². The number of rotatable bonds is 5. The fourth-order valence-corrected chi connectivity index (χ4v) is 2.38. The molecule has 4 nitrogen and oxygen atoms in total. The zero-order valence-corrected chi connectivity index (χ0v) is 11.2. The molecular weight excluding hydrogens is 226 g/mol. The molecule has 0 amide bonds. The summed E-state index contributed by atoms with van der Waals surface area (Å²) >= 11 is 0. The van der Waals surface area contributed by atoms with Gasteiger partial charge in [-0.1, -0.05) is 33.1 Å². The normalized spacial score (nSPS) is 17.7. The van der Waals surface area contributed by atoms with E-state index in [2.05, 4.69) is 5.32 Å². The highest BCUT2D eigenvalue weighted by molar-refractivity contribution is 7.85. The summed E-state index contributed by atoms with van der Waals surface area (Å²) in [5.41, 5.74) is 0. The Labute approximate surface area is 99.6 Å². The lowest BCUT2D eigenvalue weighted by Crippen LogP contribution is -2.32. The van der Waals surface area contributed by atoms with Crippen molar-refractivity contribution in [2.24, 2.45) is 0 Å². The van der Waals surface area contributed by atoms with Crippen LogP contribution in [0, 0.1) is 0 Å². The summed E-state index contributed by atoms with van der Waals surface area (Å²) in [6.07, 6.45) is 6.77. The van der Waals surface area contributed by atoms with Gasteiger partial charge in [0.25, 0.3) is 10.1 Å². The van der Waals surface area contributed by atoms with Gasteiger partial charge in [0.1, 0.15) is 0 Å². The first-order chi connectivity index (χ1) is 7.58. The molecule has 1 aliphatic rings. The topological polar surface area (TPSA) is 66.4 Å². The van der Waals surface area contributed by atoms with Gasteiger partial charge in [-0.3, -0.25) is 4.55 Å². The van der Waals surface area contributed by atoms with Crippen molar-refractivity contribution in [3.05, 3.63) is 0 Å². The van der Waals surface area contributed by atoms with Crippen molar-refractivity contribution in [1.82, 2.24) is 5.32 Å². The van der Waals surface area contributed by atoms with Crippen LogP contribution in [0.1, 0.15) is 52.4 Å². The molecule has 1 aliphatic carbocycles. The Morgan fingerprint density at radius 1 is 1.19 bits per heavy atom. The van der Waals surface area contributed by atoms with Crippen molar-refractivity contribution in [1.29, 1.82) is 0 Å². The van der Waals surface area contributed by atoms with Crippen LogP contribution in [0.15, 0.2) is 0 Å². The summed E-state index contributed by atoms with van der Waals surface area (Å²) in [6, 6.07) is 0.560. The van der Waals surface area contributed by atoms with Gasteiger partial charge < -0.3 is 5.32 Å². The molecular formula is C11H25NO3S. The van der Waals surface area contributed by atoms with E-state index in [9.17, 15) is 8.42 Å². The second-order valence-corrected chi connectivity index (χ2v) is 5.50. The van der Waals surface area contributed by atoms with E-state index in [-0.39, 0.29) is 5.75 Å². The Hall–Kier alpha value is -0.130. The van der Waals surface area contributed by atoms with Gasteiger partial charge in [-0.15, -0.1) is 0 Å². The molecule has 1 rings (SSSR count). The van der Waals surface area contributed by atoms with Crippen molar-refractivity contribution in [3.8, 4) is 0 Å². The average Bonchev–Trinajstić information content (AvgIpc) is 2.28. The summed E-state index contributed by atoms with van der Waals surface area (Å²) in [4.78, 5) is 0. The highest BCUT2D eigenvalue weighted by Crippen LogP contribution is 2.17. The average molecular weight is 251 g/mol. The highest BCUT2D eigenvalue weighted by atomic mass is 32.2. The molecule has 0 spiro atoms. The molecule has 0 radical (unpaired) electrons. The summed E-state index contributed by atoms with van der Waals surface area (Å²) in [7, 11) is -3.77. The van der Waals surface area contributed by atoms with E-state index in [1.807, 2.05) is 13.8 Å². The molecule has 0 bridgehead atoms. The van der Waals surface area contributed by atoms with Crippen molar-refractivity contribution >= 4 is 10.1 Å². The van der Waals surface area contributed by atoms with Crippen LogP contribution in [0.25, 0.3) is 0 Å². The van der Waals surface area contributed by atoms with Crippen molar-refractivity contribution in [2.45, 2.75) is 58.4 Å². The van der Waals surface area contributed by atoms with Crippen LogP contribution in [0.3, 0.4) is 0 Å². The van der Waals surface area contributed by atoms with Crippen LogP contribution in [0.4, 0.5) is 0 Å². The maximum atomic E-state index is 10.4. The van der Waals surface area contributed by atoms with Gasteiger partial charge in [-0.05, 0) is 25.8 Å². The molecule has 0 aromatic rings. The number of hydrogen-bond acceptors (Lipinski definition) is 3. The Kier molecular flexibility index (Phi) is 8.89. The lowest BCUT2D eigenvalue weighted by Gasteiger charge is -2.22. The third-order valence-corrected chi connectivity index (χ3v) is 3.42. The van der Waals surface area contributed by atoms with Gasteiger partial charge in [0.15, 0.2) is 0 Å². The lowest BCUT2D eigenvalue weighted by atomic mass is 9.95. The lowest BCUT2D eigenvalue weighted by molar-refractivity contribution is 0.373. The molecule has 0 saturated heterocycles. The largest absolute Gasteiger partial charge is 0.314 e. The third-order valence-electron chi connectivity index (χ3n) is 2.62. The molecule has 0 atom stereocenters. The van der Waals surface area contributed by atoms with Crippen LogP contribution >= 0.6 is 0 Å². The van der Waals surface area contributed by atoms with Crippen LogP contribution in [-0.2, 0) is 10.1 Å². The third kappa shape index (κ3) is 9.12. The number of hydrogen-bond donors (Lipinski definition) is 2. The summed E-state index contributed by atoms with van der Waals surface area (Å²) in [5, 5.41) is 3.32. The number of nitrogens with one attached hydrogen (secondary N) is 1. The Bertz CT molecular complexity index is 246. The molecule has 0 aromatic carbocycles. The summed E-state index contributed by atoms with van der Waals surface area (Å²) in [5.74, 6) is -0.132. The van der Waals surface area contributed by atoms with E-state index in [1.165, 1.54) is 32.1 Å². The minimum Gasteiger partial charge on any atom is -0.314 e. The quantitative estimate of drug-likeness (QED) is 0.581. The van der Waals surface area contributed by atoms with Gasteiger partial charge in [0, 0.05) is 6.04 Å². The summed E-state index contributed by atoms with van der Waals surface area (Å²) in [6.45, 7) is 4.68. The molecule has 0 aliphatic heterocycles. The van der Waals surface area contributed by atoms with E-state index in [4.69, 9.17) is 4.55 Å². The molecule has 98 valence electrons. The van der Waals surface area contributed by atoms with Crippen LogP contribution < -0.4 is 5.32 Å². The first-order valence-corrected chi connectivity index (χ1v) is 7.87. The van der Waals surface area contributed by atoms with Crippen molar-refractivity contribution < 1.29 is 13.0 Å². The summed E-state index contributed by atoms with van der Waals surface area (Å²) < 4.78 is 29.3. The first kappa shape index (κ1) is 15.9. The Morgan fingerprint density at radius 2 is 1.75 bits per heavy atom. The minimum atomic E-state index is -3.77. The van der Waals surface area contributed by atoms with Gasteiger partial charge in [-0.2, -0.15) is 8.42 Å². The fourth-order valence-electron chi connectivity index (χ4n) is 1.87. The second kappa shape index (κ2) is 8.96. The zero-order valence-electron chi connectivity index (χ0n) is 10.4. The van der Waals surface area contributed by atoms with Gasteiger partial charge >= 0.3 is 0 Å². The molecule has 2 N–H and O–H groups in total. The molecule has 16 heavy (non-hydrogen) atoms. The van der Waals surface area contributed by atoms with Crippen molar-refractivity contribution in [3.63, 3.8) is 0 Å². The van der Waals surface area contributed by atoms with E-state index < -0.39 is 10.1 Å². The smallest absolute Gasteiger partial charge is 0.264 e.